The summed E-state index contributed by atoms with van der Waals surface area (Å²) in [5.74, 6) is 1.01. The number of unbranched alkanes of at least 4 members (excludes halogenated alkanes) is 3. The summed E-state index contributed by atoms with van der Waals surface area (Å²) in [6.07, 6.45) is 5.29. The Labute approximate surface area is 183 Å². The van der Waals surface area contributed by atoms with Crippen LogP contribution in [0.4, 0.5) is 16.5 Å². The molecular formula is C21H25N5O4S. The zero-order valence-electron chi connectivity index (χ0n) is 17.2. The quantitative estimate of drug-likeness (QED) is 0.198. The third-order valence-corrected chi connectivity index (χ3v) is 5.66. The number of fused-ring (bicyclic) bond motifs is 1. The zero-order valence-corrected chi connectivity index (χ0v) is 18.0. The third-order valence-electron chi connectivity index (χ3n) is 4.61. The van der Waals surface area contributed by atoms with Gasteiger partial charge in [-0.3, -0.25) is 14.8 Å². The number of hydrogen-bond donors (Lipinski definition) is 4. The fraction of sp³-hybridized carbons (Fsp3) is 0.333. The van der Waals surface area contributed by atoms with Gasteiger partial charge < -0.3 is 15.4 Å². The van der Waals surface area contributed by atoms with Crippen LogP contribution >= 0.6 is 11.3 Å². The maximum absolute atomic E-state index is 12.2. The van der Waals surface area contributed by atoms with Crippen molar-refractivity contribution in [1.29, 1.82) is 0 Å². The minimum absolute atomic E-state index is 0.0581. The minimum atomic E-state index is -0.383. The number of carbonyl (C=O) groups is 2. The lowest BCUT2D eigenvalue weighted by molar-refractivity contribution is -0.129. The van der Waals surface area contributed by atoms with Gasteiger partial charge in [0.05, 0.1) is 22.3 Å². The van der Waals surface area contributed by atoms with Gasteiger partial charge in [0.2, 0.25) is 11.8 Å². The summed E-state index contributed by atoms with van der Waals surface area (Å²) >= 11 is 1.42. The van der Waals surface area contributed by atoms with Crippen LogP contribution in [-0.4, -0.2) is 34.1 Å². The Balaban J connectivity index is 1.53. The molecule has 2 aromatic heterocycles. The summed E-state index contributed by atoms with van der Waals surface area (Å²) < 4.78 is 6.03. The van der Waals surface area contributed by atoms with E-state index in [-0.39, 0.29) is 11.8 Å². The zero-order chi connectivity index (χ0) is 22.1. The van der Waals surface area contributed by atoms with Crippen LogP contribution in [0, 0.1) is 0 Å². The van der Waals surface area contributed by atoms with Crippen LogP contribution in [0.1, 0.15) is 38.5 Å². The highest BCUT2D eigenvalue weighted by Gasteiger charge is 2.11. The molecule has 4 N–H and O–H groups in total. The van der Waals surface area contributed by atoms with E-state index in [0.717, 1.165) is 45.9 Å². The summed E-state index contributed by atoms with van der Waals surface area (Å²) in [6.45, 7) is 0. The van der Waals surface area contributed by atoms with Crippen molar-refractivity contribution < 1.29 is 19.5 Å². The molecule has 0 saturated carbocycles. The molecule has 0 aliphatic heterocycles. The summed E-state index contributed by atoms with van der Waals surface area (Å²) in [4.78, 5) is 31.8. The van der Waals surface area contributed by atoms with E-state index in [4.69, 9.17) is 9.94 Å². The number of nitrogens with one attached hydrogen (secondary N) is 3. The lowest BCUT2D eigenvalue weighted by Gasteiger charge is -2.07. The van der Waals surface area contributed by atoms with E-state index in [2.05, 4.69) is 20.6 Å². The molecular weight excluding hydrogens is 418 g/mol. The minimum Gasteiger partial charge on any atom is -0.497 e. The molecule has 0 atom stereocenters. The Bertz CT molecular complexity index is 1020. The Morgan fingerprint density at radius 2 is 1.74 bits per heavy atom. The number of nitrogens with zero attached hydrogens (tertiary/aromatic N) is 2. The number of aromatic nitrogens is 2. The second-order valence-corrected chi connectivity index (χ2v) is 7.95. The maximum atomic E-state index is 12.2. The monoisotopic (exact) mass is 443 g/mol. The van der Waals surface area contributed by atoms with Crippen LogP contribution in [0.3, 0.4) is 0 Å². The van der Waals surface area contributed by atoms with Crippen molar-refractivity contribution in [2.75, 3.05) is 17.7 Å². The number of amides is 2. The van der Waals surface area contributed by atoms with Crippen LogP contribution in [-0.2, 0) is 9.59 Å². The topological polar surface area (TPSA) is 125 Å². The highest BCUT2D eigenvalue weighted by atomic mass is 32.1. The molecule has 3 aromatic rings. The van der Waals surface area contributed by atoms with E-state index in [0.29, 0.717) is 25.1 Å². The van der Waals surface area contributed by atoms with Gasteiger partial charge in [-0.2, -0.15) is 0 Å². The number of methoxy groups -OCH3 is 1. The summed E-state index contributed by atoms with van der Waals surface area (Å²) in [5, 5.41) is 15.4. The highest BCUT2D eigenvalue weighted by Crippen LogP contribution is 2.34. The summed E-state index contributed by atoms with van der Waals surface area (Å²) in [5.41, 5.74) is 3.24. The number of anilines is 3. The molecule has 2 heterocycles. The third kappa shape index (κ3) is 6.63. The van der Waals surface area contributed by atoms with Crippen LogP contribution in [0.2, 0.25) is 0 Å². The van der Waals surface area contributed by atoms with Crippen molar-refractivity contribution >= 4 is 49.9 Å². The number of hydroxylamine groups is 1. The first-order valence-corrected chi connectivity index (χ1v) is 10.8. The molecule has 3 rings (SSSR count). The second-order valence-electron chi connectivity index (χ2n) is 6.90. The molecule has 2 amide bonds. The van der Waals surface area contributed by atoms with Crippen LogP contribution in [0.15, 0.2) is 36.7 Å². The molecule has 164 valence electrons. The Morgan fingerprint density at radius 3 is 2.42 bits per heavy atom. The molecule has 0 spiro atoms. The predicted molar refractivity (Wildman–Crippen MR) is 120 cm³/mol. The number of benzene rings is 1. The molecule has 10 heteroatoms. The summed E-state index contributed by atoms with van der Waals surface area (Å²) in [7, 11) is 1.62. The average molecular weight is 444 g/mol. The first kappa shape index (κ1) is 22.4. The van der Waals surface area contributed by atoms with Gasteiger partial charge in [-0.1, -0.05) is 12.8 Å². The highest BCUT2D eigenvalue weighted by molar-refractivity contribution is 7.23. The van der Waals surface area contributed by atoms with E-state index in [1.54, 1.807) is 12.6 Å². The van der Waals surface area contributed by atoms with Gasteiger partial charge in [0, 0.05) is 18.5 Å². The molecule has 0 unspecified atom stereocenters. The largest absolute Gasteiger partial charge is 0.497 e. The molecule has 0 fully saturated rings. The van der Waals surface area contributed by atoms with Crippen molar-refractivity contribution in [3.05, 3.63) is 36.7 Å². The Morgan fingerprint density at radius 1 is 1.03 bits per heavy atom. The summed E-state index contributed by atoms with van der Waals surface area (Å²) in [6, 6.07) is 9.37. The standard InChI is InChI=1S/C21H25N5O4S/c1-30-15-10-8-14(9-11-15)24-21-20-16(22-13-23-21)12-19(31-20)25-17(27)6-4-2-3-5-7-18(28)26-29/h8-13,29H,2-7H2,1H3,(H,25,27)(H,26,28)(H,22,23,24). The van der Waals surface area contributed by atoms with E-state index >= 15 is 0 Å². The fourth-order valence-electron chi connectivity index (χ4n) is 3.00. The first-order valence-electron chi connectivity index (χ1n) is 9.97. The maximum Gasteiger partial charge on any atom is 0.243 e. The number of rotatable bonds is 11. The molecule has 0 radical (unpaired) electrons. The first-order chi connectivity index (χ1) is 15.1. The number of hydrogen-bond acceptors (Lipinski definition) is 8. The van der Waals surface area contributed by atoms with Gasteiger partial charge in [-0.15, -0.1) is 11.3 Å². The van der Waals surface area contributed by atoms with Crippen LogP contribution in [0.25, 0.3) is 10.2 Å². The van der Waals surface area contributed by atoms with E-state index in [1.807, 2.05) is 30.3 Å². The Kier molecular flexibility index (Phi) is 8.13. The van der Waals surface area contributed by atoms with Crippen LogP contribution < -0.4 is 20.9 Å². The molecule has 9 nitrogen and oxygen atoms in total. The van der Waals surface area contributed by atoms with Crippen molar-refractivity contribution in [2.24, 2.45) is 0 Å². The van der Waals surface area contributed by atoms with E-state index in [1.165, 1.54) is 17.7 Å². The predicted octanol–water partition coefficient (Wildman–Crippen LogP) is 4.23. The number of ether oxygens (including phenoxy) is 1. The van der Waals surface area contributed by atoms with Crippen molar-refractivity contribution in [3.63, 3.8) is 0 Å². The second kappa shape index (κ2) is 11.2. The van der Waals surface area contributed by atoms with Crippen molar-refractivity contribution in [1.82, 2.24) is 15.4 Å². The fourth-order valence-corrected chi connectivity index (χ4v) is 3.97. The lowest BCUT2D eigenvalue weighted by atomic mass is 10.1. The number of thiophene rings is 1. The van der Waals surface area contributed by atoms with Crippen LogP contribution in [0.5, 0.6) is 5.75 Å². The molecule has 31 heavy (non-hydrogen) atoms. The molecule has 0 saturated heterocycles. The molecule has 0 aliphatic rings. The number of carbonyl (C=O) groups excluding carboxylic acids is 2. The van der Waals surface area contributed by atoms with Gasteiger partial charge in [-0.25, -0.2) is 15.4 Å². The van der Waals surface area contributed by atoms with E-state index in [9.17, 15) is 9.59 Å². The normalized spacial score (nSPS) is 10.6. The Hall–Kier alpha value is -3.24. The van der Waals surface area contributed by atoms with Gasteiger partial charge in [0.15, 0.2) is 5.82 Å². The molecule has 1 aromatic carbocycles. The van der Waals surface area contributed by atoms with Gasteiger partial charge >= 0.3 is 0 Å². The SMILES string of the molecule is COc1ccc(Nc2ncnc3cc(NC(=O)CCCCCCC(=O)NO)sc23)cc1. The van der Waals surface area contributed by atoms with Gasteiger partial charge in [0.1, 0.15) is 12.1 Å². The molecule has 0 aliphatic carbocycles. The lowest BCUT2D eigenvalue weighted by Crippen LogP contribution is -2.17. The smallest absolute Gasteiger partial charge is 0.243 e. The van der Waals surface area contributed by atoms with Crippen molar-refractivity contribution in [3.8, 4) is 5.75 Å². The van der Waals surface area contributed by atoms with E-state index < -0.39 is 0 Å². The molecule has 0 bridgehead atoms. The average Bonchev–Trinajstić information content (AvgIpc) is 3.19. The van der Waals surface area contributed by atoms with Crippen molar-refractivity contribution in [2.45, 2.75) is 38.5 Å². The van der Waals surface area contributed by atoms with Gasteiger partial charge in [0.25, 0.3) is 0 Å². The van der Waals surface area contributed by atoms with Gasteiger partial charge in [-0.05, 0) is 43.2 Å².